The smallest absolute Gasteiger partial charge is 0.418 e. The molecule has 0 atom stereocenters. The Bertz CT molecular complexity index is 337. The Labute approximate surface area is 76.3 Å². The summed E-state index contributed by atoms with van der Waals surface area (Å²) in [6.45, 7) is 0. The van der Waals surface area contributed by atoms with Crippen molar-refractivity contribution >= 4 is 5.69 Å². The molecule has 78 valence electrons. The highest BCUT2D eigenvalue weighted by molar-refractivity contribution is 5.53. The van der Waals surface area contributed by atoms with Gasteiger partial charge in [-0.15, -0.1) is 11.0 Å². The molecule has 1 aromatic rings. The predicted molar refractivity (Wildman–Crippen MR) is 36.9 cm³/mol. The van der Waals surface area contributed by atoms with Crippen LogP contribution in [-0.4, -0.2) is 10.4 Å². The molecule has 1 rings (SSSR count). The SMILES string of the molecule is [O-]c1ccc(N(O)O)c(C(F)(F)F)c1. The van der Waals surface area contributed by atoms with Gasteiger partial charge < -0.3 is 5.11 Å². The van der Waals surface area contributed by atoms with Gasteiger partial charge in [-0.3, -0.25) is 10.4 Å². The normalized spacial score (nSPS) is 11.5. The van der Waals surface area contributed by atoms with Crippen LogP contribution in [0.3, 0.4) is 0 Å². The lowest BCUT2D eigenvalue weighted by molar-refractivity contribution is -0.268. The van der Waals surface area contributed by atoms with Gasteiger partial charge in [-0.2, -0.15) is 13.2 Å². The van der Waals surface area contributed by atoms with Crippen LogP contribution in [0.5, 0.6) is 5.75 Å². The van der Waals surface area contributed by atoms with E-state index in [2.05, 4.69) is 0 Å². The van der Waals surface area contributed by atoms with E-state index in [4.69, 9.17) is 10.4 Å². The Morgan fingerprint density at radius 1 is 1.21 bits per heavy atom. The van der Waals surface area contributed by atoms with Gasteiger partial charge in [-0.05, 0) is 6.07 Å². The van der Waals surface area contributed by atoms with E-state index in [1.807, 2.05) is 0 Å². The molecule has 0 heterocycles. The molecule has 0 spiro atoms. The first-order chi connectivity index (χ1) is 6.32. The molecular formula is C7H5F3NO3-. The molecule has 0 saturated carbocycles. The quantitative estimate of drug-likeness (QED) is 0.684. The molecule has 0 saturated heterocycles. The van der Waals surface area contributed by atoms with Crippen molar-refractivity contribution in [2.75, 3.05) is 5.23 Å². The number of nitrogens with zero attached hydrogens (tertiary/aromatic N) is 1. The second-order valence-electron chi connectivity index (χ2n) is 2.47. The van der Waals surface area contributed by atoms with Crippen LogP contribution in [0, 0.1) is 0 Å². The van der Waals surface area contributed by atoms with Crippen molar-refractivity contribution in [2.45, 2.75) is 6.18 Å². The van der Waals surface area contributed by atoms with Crippen molar-refractivity contribution in [2.24, 2.45) is 0 Å². The van der Waals surface area contributed by atoms with Crippen molar-refractivity contribution in [3.63, 3.8) is 0 Å². The van der Waals surface area contributed by atoms with Gasteiger partial charge in [0.25, 0.3) is 0 Å². The number of halogens is 3. The van der Waals surface area contributed by atoms with Crippen LogP contribution in [0.15, 0.2) is 18.2 Å². The van der Waals surface area contributed by atoms with Crippen LogP contribution in [-0.2, 0) is 6.18 Å². The lowest BCUT2D eigenvalue weighted by atomic mass is 10.1. The first kappa shape index (κ1) is 10.6. The van der Waals surface area contributed by atoms with Gasteiger partial charge >= 0.3 is 6.18 Å². The average molecular weight is 208 g/mol. The minimum Gasteiger partial charge on any atom is -0.872 e. The van der Waals surface area contributed by atoms with E-state index >= 15 is 0 Å². The third-order valence-electron chi connectivity index (χ3n) is 1.49. The summed E-state index contributed by atoms with van der Waals surface area (Å²) in [6.07, 6.45) is -4.81. The summed E-state index contributed by atoms with van der Waals surface area (Å²) in [6, 6.07) is 1.75. The minimum absolute atomic E-state index is 0.286. The largest absolute Gasteiger partial charge is 0.872 e. The fraction of sp³-hybridized carbons (Fsp3) is 0.143. The molecule has 0 fully saturated rings. The molecule has 0 aromatic heterocycles. The molecule has 0 aliphatic rings. The monoisotopic (exact) mass is 208 g/mol. The molecule has 0 aliphatic carbocycles. The third-order valence-corrected chi connectivity index (χ3v) is 1.49. The Morgan fingerprint density at radius 2 is 1.79 bits per heavy atom. The van der Waals surface area contributed by atoms with Crippen molar-refractivity contribution in [3.8, 4) is 5.75 Å². The number of rotatable bonds is 1. The highest BCUT2D eigenvalue weighted by Gasteiger charge is 2.34. The summed E-state index contributed by atoms with van der Waals surface area (Å²) in [5, 5.41) is 26.8. The van der Waals surface area contributed by atoms with Gasteiger partial charge in [-0.25, -0.2) is 0 Å². The molecular weight excluding hydrogens is 203 g/mol. The number of alkyl halides is 3. The summed E-state index contributed by atoms with van der Waals surface area (Å²) in [5.74, 6) is -0.858. The number of hydrogen-bond donors (Lipinski definition) is 2. The summed E-state index contributed by atoms with van der Waals surface area (Å²) in [7, 11) is 0. The van der Waals surface area contributed by atoms with Gasteiger partial charge in [-0.1, -0.05) is 12.1 Å². The molecule has 0 aliphatic heterocycles. The maximum atomic E-state index is 12.2. The molecule has 0 unspecified atom stereocenters. The van der Waals surface area contributed by atoms with E-state index in [-0.39, 0.29) is 6.07 Å². The zero-order chi connectivity index (χ0) is 10.9. The van der Waals surface area contributed by atoms with Crippen LogP contribution in [0.1, 0.15) is 5.56 Å². The van der Waals surface area contributed by atoms with Crippen molar-refractivity contribution < 1.29 is 28.7 Å². The van der Waals surface area contributed by atoms with E-state index in [0.717, 1.165) is 6.07 Å². The molecule has 4 nitrogen and oxygen atoms in total. The van der Waals surface area contributed by atoms with Crippen molar-refractivity contribution in [1.29, 1.82) is 0 Å². The van der Waals surface area contributed by atoms with Crippen LogP contribution in [0.4, 0.5) is 18.9 Å². The van der Waals surface area contributed by atoms with E-state index in [1.54, 1.807) is 0 Å². The van der Waals surface area contributed by atoms with E-state index in [0.29, 0.717) is 6.07 Å². The van der Waals surface area contributed by atoms with E-state index < -0.39 is 28.4 Å². The van der Waals surface area contributed by atoms with Crippen LogP contribution < -0.4 is 10.3 Å². The van der Waals surface area contributed by atoms with Crippen LogP contribution in [0.2, 0.25) is 0 Å². The highest BCUT2D eigenvalue weighted by atomic mass is 19.4. The Balaban J connectivity index is 3.30. The molecule has 14 heavy (non-hydrogen) atoms. The Morgan fingerprint density at radius 3 is 2.21 bits per heavy atom. The lowest BCUT2D eigenvalue weighted by Crippen LogP contribution is -2.18. The second-order valence-corrected chi connectivity index (χ2v) is 2.47. The number of anilines is 1. The van der Waals surface area contributed by atoms with Crippen molar-refractivity contribution in [1.82, 2.24) is 0 Å². The first-order valence-corrected chi connectivity index (χ1v) is 3.38. The summed E-state index contributed by atoms with van der Waals surface area (Å²) >= 11 is 0. The third kappa shape index (κ3) is 2.06. The lowest BCUT2D eigenvalue weighted by Gasteiger charge is -2.18. The van der Waals surface area contributed by atoms with E-state index in [1.165, 1.54) is 0 Å². The second kappa shape index (κ2) is 3.35. The van der Waals surface area contributed by atoms with Crippen LogP contribution >= 0.6 is 0 Å². The van der Waals surface area contributed by atoms with Gasteiger partial charge in [0.2, 0.25) is 0 Å². The Hall–Kier alpha value is -1.47. The van der Waals surface area contributed by atoms with Crippen molar-refractivity contribution in [3.05, 3.63) is 23.8 Å². The van der Waals surface area contributed by atoms with E-state index in [9.17, 15) is 18.3 Å². The predicted octanol–water partition coefficient (Wildman–Crippen LogP) is 1.36. The number of benzene rings is 1. The zero-order valence-electron chi connectivity index (χ0n) is 6.62. The maximum absolute atomic E-state index is 12.2. The summed E-state index contributed by atoms with van der Waals surface area (Å²) in [5.41, 5.74) is -2.29. The molecule has 1 aromatic carbocycles. The fourth-order valence-corrected chi connectivity index (χ4v) is 0.917. The summed E-state index contributed by atoms with van der Waals surface area (Å²) < 4.78 is 36.6. The minimum atomic E-state index is -4.81. The van der Waals surface area contributed by atoms with Gasteiger partial charge in [0.05, 0.1) is 5.56 Å². The topological polar surface area (TPSA) is 66.8 Å². The molecule has 7 heteroatoms. The maximum Gasteiger partial charge on any atom is 0.418 e. The number of hydrogen-bond acceptors (Lipinski definition) is 4. The molecule has 2 N–H and O–H groups in total. The fourth-order valence-electron chi connectivity index (χ4n) is 0.917. The molecule has 0 bridgehead atoms. The van der Waals surface area contributed by atoms with Gasteiger partial charge in [0, 0.05) is 0 Å². The average Bonchev–Trinajstić information content (AvgIpc) is 2.01. The van der Waals surface area contributed by atoms with Gasteiger partial charge in [0.15, 0.2) is 0 Å². The molecule has 0 radical (unpaired) electrons. The first-order valence-electron chi connectivity index (χ1n) is 3.38. The zero-order valence-corrected chi connectivity index (χ0v) is 6.62. The Kier molecular flexibility index (Phi) is 2.54. The van der Waals surface area contributed by atoms with Gasteiger partial charge in [0.1, 0.15) is 5.69 Å². The molecule has 0 amide bonds. The highest BCUT2D eigenvalue weighted by Crippen LogP contribution is 2.37. The van der Waals surface area contributed by atoms with Crippen LogP contribution in [0.25, 0.3) is 0 Å². The summed E-state index contributed by atoms with van der Waals surface area (Å²) in [4.78, 5) is 0. The standard InChI is InChI=1S/C7H6F3NO3/c8-7(9,10)5-3-4(12)1-2-6(5)11(13)14/h1-3,12-14H/p-1.